The molecular formula is C16H22N4O3. The topological polar surface area (TPSA) is 94.9 Å². The smallest absolute Gasteiger partial charge is 0.193 e. The lowest BCUT2D eigenvalue weighted by Gasteiger charge is -2.12. The van der Waals surface area contributed by atoms with Crippen LogP contribution >= 0.6 is 0 Å². The molecule has 1 aromatic carbocycles. The lowest BCUT2D eigenvalue weighted by atomic mass is 10.1. The van der Waals surface area contributed by atoms with Gasteiger partial charge in [0, 0.05) is 18.2 Å². The molecule has 0 aliphatic carbocycles. The Hall–Kier alpha value is -2.70. The van der Waals surface area contributed by atoms with Crippen molar-refractivity contribution >= 4 is 11.6 Å². The van der Waals surface area contributed by atoms with Gasteiger partial charge in [0.05, 0.1) is 25.6 Å². The number of hydrogen-bond donors (Lipinski definition) is 2. The zero-order valence-electron chi connectivity index (χ0n) is 13.8. The second-order valence-corrected chi connectivity index (χ2v) is 5.01. The van der Waals surface area contributed by atoms with E-state index in [4.69, 9.17) is 19.7 Å². The number of ether oxygens (including phenoxy) is 2. The van der Waals surface area contributed by atoms with Crippen LogP contribution in [0.15, 0.2) is 27.7 Å². The van der Waals surface area contributed by atoms with Crippen LogP contribution in [0.4, 0.5) is 5.69 Å². The minimum Gasteiger partial charge on any atom is -0.497 e. The lowest BCUT2D eigenvalue weighted by molar-refractivity contribution is 0.392. The van der Waals surface area contributed by atoms with Gasteiger partial charge in [0.25, 0.3) is 0 Å². The van der Waals surface area contributed by atoms with E-state index in [1.807, 2.05) is 19.9 Å². The van der Waals surface area contributed by atoms with Crippen molar-refractivity contribution in [2.24, 2.45) is 10.7 Å². The first-order chi connectivity index (χ1) is 11.0. The summed E-state index contributed by atoms with van der Waals surface area (Å²) in [7, 11) is 3.20. The van der Waals surface area contributed by atoms with E-state index in [0.717, 1.165) is 23.4 Å². The summed E-state index contributed by atoms with van der Waals surface area (Å²) < 4.78 is 15.6. The number of nitrogens with two attached hydrogens (primary N) is 1. The Kier molecular flexibility index (Phi) is 5.46. The Balaban J connectivity index is 2.02. The van der Waals surface area contributed by atoms with Crippen molar-refractivity contribution in [3.05, 3.63) is 35.2 Å². The number of hydrogen-bond acceptors (Lipinski definition) is 5. The third-order valence-corrected chi connectivity index (χ3v) is 3.49. The van der Waals surface area contributed by atoms with Gasteiger partial charge in [-0.05, 0) is 32.4 Å². The maximum Gasteiger partial charge on any atom is 0.193 e. The number of anilines is 1. The van der Waals surface area contributed by atoms with Crippen LogP contribution < -0.4 is 20.5 Å². The summed E-state index contributed by atoms with van der Waals surface area (Å²) >= 11 is 0. The van der Waals surface area contributed by atoms with Gasteiger partial charge in [-0.15, -0.1) is 0 Å². The van der Waals surface area contributed by atoms with Crippen LogP contribution in [0.1, 0.15) is 17.0 Å². The van der Waals surface area contributed by atoms with Gasteiger partial charge in [-0.2, -0.15) is 0 Å². The maximum atomic E-state index is 5.94. The summed E-state index contributed by atoms with van der Waals surface area (Å²) in [6, 6.07) is 5.42. The molecule has 0 radical (unpaired) electrons. The molecule has 1 heterocycles. The molecule has 23 heavy (non-hydrogen) atoms. The Bertz CT molecular complexity index is 675. The van der Waals surface area contributed by atoms with E-state index in [1.54, 1.807) is 26.4 Å². The predicted octanol–water partition coefficient (Wildman–Crippen LogP) is 2.28. The number of aliphatic imine (C=N–C) groups is 1. The van der Waals surface area contributed by atoms with Crippen molar-refractivity contribution in [2.75, 3.05) is 26.1 Å². The molecule has 0 atom stereocenters. The number of rotatable bonds is 6. The molecule has 0 saturated carbocycles. The number of nitrogens with zero attached hydrogens (tertiary/aromatic N) is 2. The van der Waals surface area contributed by atoms with Crippen LogP contribution in [-0.4, -0.2) is 31.9 Å². The summed E-state index contributed by atoms with van der Waals surface area (Å²) in [6.07, 6.45) is 0.721. The van der Waals surface area contributed by atoms with Crippen LogP contribution in [0.25, 0.3) is 0 Å². The van der Waals surface area contributed by atoms with E-state index < -0.39 is 0 Å². The number of aryl methyl sites for hydroxylation is 2. The van der Waals surface area contributed by atoms with Crippen LogP contribution in [0.2, 0.25) is 0 Å². The van der Waals surface area contributed by atoms with E-state index in [2.05, 4.69) is 15.5 Å². The van der Waals surface area contributed by atoms with Crippen LogP contribution in [-0.2, 0) is 6.42 Å². The third kappa shape index (κ3) is 4.15. The first kappa shape index (κ1) is 16.7. The summed E-state index contributed by atoms with van der Waals surface area (Å²) in [6.45, 7) is 4.34. The van der Waals surface area contributed by atoms with Gasteiger partial charge in [-0.25, -0.2) is 0 Å². The van der Waals surface area contributed by atoms with Crippen molar-refractivity contribution < 1.29 is 14.0 Å². The average molecular weight is 318 g/mol. The Morgan fingerprint density at radius 2 is 2.09 bits per heavy atom. The molecule has 7 nitrogen and oxygen atoms in total. The molecule has 124 valence electrons. The van der Waals surface area contributed by atoms with Crippen molar-refractivity contribution in [1.82, 2.24) is 5.16 Å². The second-order valence-electron chi connectivity index (χ2n) is 5.01. The minimum atomic E-state index is 0.309. The van der Waals surface area contributed by atoms with Crippen molar-refractivity contribution in [3.8, 4) is 11.5 Å². The van der Waals surface area contributed by atoms with Gasteiger partial charge < -0.3 is 25.0 Å². The minimum absolute atomic E-state index is 0.309. The highest BCUT2D eigenvalue weighted by molar-refractivity contribution is 5.94. The summed E-state index contributed by atoms with van der Waals surface area (Å²) in [5, 5.41) is 6.95. The average Bonchev–Trinajstić information content (AvgIpc) is 2.86. The highest BCUT2D eigenvalue weighted by atomic mass is 16.5. The normalized spacial score (nSPS) is 11.4. The molecule has 7 heteroatoms. The van der Waals surface area contributed by atoms with Crippen LogP contribution in [0, 0.1) is 13.8 Å². The number of aromatic nitrogens is 1. The molecule has 3 N–H and O–H groups in total. The molecule has 0 fully saturated rings. The van der Waals surface area contributed by atoms with E-state index in [0.29, 0.717) is 29.7 Å². The molecule has 0 spiro atoms. The fraction of sp³-hybridized carbons (Fsp3) is 0.375. The first-order valence-corrected chi connectivity index (χ1v) is 7.26. The molecule has 1 aromatic heterocycles. The lowest BCUT2D eigenvalue weighted by Crippen LogP contribution is -2.23. The predicted molar refractivity (Wildman–Crippen MR) is 89.3 cm³/mol. The molecule has 0 aliphatic rings. The molecule has 0 saturated heterocycles. The fourth-order valence-electron chi connectivity index (χ4n) is 2.24. The number of nitrogens with one attached hydrogen (secondary N) is 1. The summed E-state index contributed by atoms with van der Waals surface area (Å²) in [5.74, 6) is 2.49. The largest absolute Gasteiger partial charge is 0.497 e. The highest BCUT2D eigenvalue weighted by Crippen LogP contribution is 2.28. The van der Waals surface area contributed by atoms with Crippen molar-refractivity contribution in [2.45, 2.75) is 20.3 Å². The zero-order valence-corrected chi connectivity index (χ0v) is 13.8. The Morgan fingerprint density at radius 3 is 2.70 bits per heavy atom. The Labute approximate surface area is 135 Å². The molecule has 2 aromatic rings. The van der Waals surface area contributed by atoms with Crippen molar-refractivity contribution in [1.29, 1.82) is 0 Å². The fourth-order valence-corrected chi connectivity index (χ4v) is 2.24. The molecule has 0 bridgehead atoms. The van der Waals surface area contributed by atoms with Crippen LogP contribution in [0.5, 0.6) is 11.5 Å². The standard InChI is InChI=1S/C16H22N4O3/c1-10-13(11(2)23-20-10)7-8-18-16(17)19-14-9-12(21-3)5-6-15(14)22-4/h5-6,9H,7-8H2,1-4H3,(H3,17,18,19). The van der Waals surface area contributed by atoms with Gasteiger partial charge >= 0.3 is 0 Å². The van der Waals surface area contributed by atoms with Crippen molar-refractivity contribution in [3.63, 3.8) is 0 Å². The number of benzene rings is 1. The maximum absolute atomic E-state index is 5.94. The van der Waals surface area contributed by atoms with E-state index in [1.165, 1.54) is 0 Å². The van der Waals surface area contributed by atoms with E-state index in [-0.39, 0.29) is 0 Å². The van der Waals surface area contributed by atoms with Crippen LogP contribution in [0.3, 0.4) is 0 Å². The third-order valence-electron chi connectivity index (χ3n) is 3.49. The summed E-state index contributed by atoms with van der Waals surface area (Å²) in [5.41, 5.74) is 8.60. The SMILES string of the molecule is COc1ccc(OC)c(NC(N)=NCCc2c(C)noc2C)c1. The summed E-state index contributed by atoms with van der Waals surface area (Å²) in [4.78, 5) is 4.32. The highest BCUT2D eigenvalue weighted by Gasteiger charge is 2.09. The molecular weight excluding hydrogens is 296 g/mol. The molecule has 0 unspecified atom stereocenters. The molecule has 0 amide bonds. The number of methoxy groups -OCH3 is 2. The van der Waals surface area contributed by atoms with Gasteiger partial charge in [0.15, 0.2) is 5.96 Å². The zero-order chi connectivity index (χ0) is 16.8. The van der Waals surface area contributed by atoms with Gasteiger partial charge in [-0.3, -0.25) is 4.99 Å². The van der Waals surface area contributed by atoms with E-state index >= 15 is 0 Å². The monoisotopic (exact) mass is 318 g/mol. The number of guanidine groups is 1. The second kappa shape index (κ2) is 7.53. The molecule has 0 aliphatic heterocycles. The van der Waals surface area contributed by atoms with Gasteiger partial charge in [0.2, 0.25) is 0 Å². The van der Waals surface area contributed by atoms with Gasteiger partial charge in [-0.1, -0.05) is 5.16 Å². The van der Waals surface area contributed by atoms with Gasteiger partial charge in [0.1, 0.15) is 17.3 Å². The first-order valence-electron chi connectivity index (χ1n) is 7.26. The van der Waals surface area contributed by atoms with E-state index in [9.17, 15) is 0 Å². The quantitative estimate of drug-likeness (QED) is 0.627. The Morgan fingerprint density at radius 1 is 1.30 bits per heavy atom. The molecule has 2 rings (SSSR count).